The summed E-state index contributed by atoms with van der Waals surface area (Å²) in [5.74, 6) is -0.00153. The monoisotopic (exact) mass is 640 g/mol. The van der Waals surface area contributed by atoms with E-state index in [1.54, 1.807) is 4.90 Å². The van der Waals surface area contributed by atoms with E-state index >= 15 is 0 Å². The highest BCUT2D eigenvalue weighted by Crippen LogP contribution is 2.39. The van der Waals surface area contributed by atoms with E-state index in [2.05, 4.69) is 32.0 Å². The number of fused-ring (bicyclic) bond motifs is 3. The largest absolute Gasteiger partial charge is 0.340 e. The molecule has 2 N–H and O–H groups in total. The summed E-state index contributed by atoms with van der Waals surface area (Å²) in [6.45, 7) is 0.681. The molecule has 1 saturated carbocycles. The fraction of sp³-hybridized carbons (Fsp3) is 0.241. The van der Waals surface area contributed by atoms with Crippen LogP contribution in [0.2, 0.25) is 5.02 Å². The minimum atomic E-state index is -4.02. The van der Waals surface area contributed by atoms with Gasteiger partial charge in [-0.1, -0.05) is 39.7 Å². The van der Waals surface area contributed by atoms with Gasteiger partial charge < -0.3 is 14.8 Å². The normalized spacial score (nSPS) is 16.1. The number of benzene rings is 3. The third-order valence-electron chi connectivity index (χ3n) is 7.60. The number of halogens is 2. The van der Waals surface area contributed by atoms with Crippen LogP contribution >= 0.6 is 27.5 Å². The van der Waals surface area contributed by atoms with Gasteiger partial charge in [-0.3, -0.25) is 4.79 Å². The highest BCUT2D eigenvalue weighted by Gasteiger charge is 2.44. The standard InChI is InChI=1S/C29H26BrClN4O4S/c1-34-15-12-23-24-16-19(30)4-11-25(24)35(26(23)27(34)36)21-7-2-18(3-8-21)17-29(13-14-29)32-28(37)33-40(38,39)22-9-5-20(31)6-10-22/h2-11,16H,12-15,17H2,1H3,(H2,32,33,37). The van der Waals surface area contributed by atoms with E-state index in [1.807, 2.05) is 48.0 Å². The molecule has 0 radical (unpaired) electrons. The van der Waals surface area contributed by atoms with Gasteiger partial charge in [0.2, 0.25) is 0 Å². The average molecular weight is 642 g/mol. The van der Waals surface area contributed by atoms with Gasteiger partial charge in [0.15, 0.2) is 0 Å². The van der Waals surface area contributed by atoms with Crippen LogP contribution in [0.1, 0.15) is 34.5 Å². The number of hydrogen-bond acceptors (Lipinski definition) is 4. The summed E-state index contributed by atoms with van der Waals surface area (Å²) in [6, 6.07) is 18.9. The van der Waals surface area contributed by atoms with Gasteiger partial charge in [0.1, 0.15) is 5.69 Å². The van der Waals surface area contributed by atoms with Crippen molar-refractivity contribution in [2.75, 3.05) is 13.6 Å². The van der Waals surface area contributed by atoms with Crippen LogP contribution in [0, 0.1) is 0 Å². The molecule has 2 aliphatic rings. The fourth-order valence-corrected chi connectivity index (χ4v) is 6.74. The third-order valence-corrected chi connectivity index (χ3v) is 9.69. The second-order valence-corrected chi connectivity index (χ2v) is 13.5. The molecule has 8 nitrogen and oxygen atoms in total. The summed E-state index contributed by atoms with van der Waals surface area (Å²) >= 11 is 9.41. The quantitative estimate of drug-likeness (QED) is 0.293. The first-order chi connectivity index (χ1) is 19.1. The van der Waals surface area contributed by atoms with Crippen LogP contribution in [0.5, 0.6) is 0 Å². The Kier molecular flexibility index (Phi) is 6.67. The molecule has 1 aromatic heterocycles. The molecular weight excluding hydrogens is 616 g/mol. The number of carbonyl (C=O) groups is 2. The van der Waals surface area contributed by atoms with Crippen LogP contribution in [0.3, 0.4) is 0 Å². The number of nitrogens with one attached hydrogen (secondary N) is 2. The lowest BCUT2D eigenvalue weighted by Gasteiger charge is -2.24. The molecule has 0 unspecified atom stereocenters. The zero-order valence-electron chi connectivity index (χ0n) is 21.6. The van der Waals surface area contributed by atoms with E-state index in [1.165, 1.54) is 24.3 Å². The summed E-state index contributed by atoms with van der Waals surface area (Å²) in [7, 11) is -2.19. The smallest absolute Gasteiger partial charge is 0.329 e. The molecule has 1 aliphatic carbocycles. The topological polar surface area (TPSA) is 101 Å². The van der Waals surface area contributed by atoms with E-state index in [4.69, 9.17) is 11.6 Å². The number of rotatable bonds is 6. The minimum Gasteiger partial charge on any atom is -0.340 e. The van der Waals surface area contributed by atoms with Gasteiger partial charge in [0.05, 0.1) is 10.4 Å². The van der Waals surface area contributed by atoms with Crippen molar-refractivity contribution >= 4 is 60.4 Å². The zero-order chi connectivity index (χ0) is 28.2. The maximum Gasteiger partial charge on any atom is 0.329 e. The SMILES string of the molecule is CN1CCc2c(n(-c3ccc(CC4(NC(=O)NS(=O)(=O)c5ccc(Cl)cc5)CC4)cc3)c3ccc(Br)cc23)C1=O. The first kappa shape index (κ1) is 26.9. The van der Waals surface area contributed by atoms with Crippen LogP contribution < -0.4 is 10.0 Å². The molecule has 1 fully saturated rings. The molecular formula is C29H26BrClN4O4S. The number of hydrogen-bond donors (Lipinski definition) is 2. The zero-order valence-corrected chi connectivity index (χ0v) is 24.7. The molecule has 11 heteroatoms. The van der Waals surface area contributed by atoms with E-state index in [0.29, 0.717) is 23.7 Å². The Balaban J connectivity index is 1.21. The summed E-state index contributed by atoms with van der Waals surface area (Å²) in [4.78, 5) is 27.6. The maximum absolute atomic E-state index is 13.2. The number of carbonyl (C=O) groups excluding carboxylic acids is 2. The number of sulfonamides is 1. The number of urea groups is 1. The molecule has 4 aromatic rings. The fourth-order valence-electron chi connectivity index (χ4n) is 5.35. The van der Waals surface area contributed by atoms with Crippen molar-refractivity contribution in [2.45, 2.75) is 36.1 Å². The molecule has 0 atom stereocenters. The third kappa shape index (κ3) is 5.00. The van der Waals surface area contributed by atoms with Crippen LogP contribution in [0.15, 0.2) is 76.1 Å². The molecule has 1 aliphatic heterocycles. The Bertz CT molecular complexity index is 1760. The van der Waals surface area contributed by atoms with Gasteiger partial charge in [-0.25, -0.2) is 17.9 Å². The molecule has 206 valence electrons. The number of nitrogens with zero attached hydrogens (tertiary/aromatic N) is 2. The molecule has 0 bridgehead atoms. The van der Waals surface area contributed by atoms with Gasteiger partial charge in [0.25, 0.3) is 15.9 Å². The van der Waals surface area contributed by atoms with Crippen LogP contribution in [-0.4, -0.2) is 49.0 Å². The van der Waals surface area contributed by atoms with Gasteiger partial charge >= 0.3 is 6.03 Å². The van der Waals surface area contributed by atoms with Crippen molar-refractivity contribution in [1.29, 1.82) is 0 Å². The van der Waals surface area contributed by atoms with Gasteiger partial charge in [-0.05, 0) is 91.4 Å². The van der Waals surface area contributed by atoms with Gasteiger partial charge in [-0.15, -0.1) is 0 Å². The second-order valence-electron chi connectivity index (χ2n) is 10.4. The van der Waals surface area contributed by atoms with Crippen molar-refractivity contribution in [3.05, 3.63) is 93.0 Å². The van der Waals surface area contributed by atoms with Crippen LogP contribution in [0.25, 0.3) is 16.6 Å². The lowest BCUT2D eigenvalue weighted by molar-refractivity contribution is 0.0773. The molecule has 0 spiro atoms. The lowest BCUT2D eigenvalue weighted by Crippen LogP contribution is -2.46. The number of amides is 3. The van der Waals surface area contributed by atoms with E-state index in [0.717, 1.165) is 51.5 Å². The lowest BCUT2D eigenvalue weighted by atomic mass is 10.0. The van der Waals surface area contributed by atoms with Crippen molar-refractivity contribution in [2.24, 2.45) is 0 Å². The van der Waals surface area contributed by atoms with E-state index in [-0.39, 0.29) is 10.8 Å². The first-order valence-corrected chi connectivity index (χ1v) is 15.5. The summed E-state index contributed by atoms with van der Waals surface area (Å²) in [6.07, 6.45) is 2.84. The van der Waals surface area contributed by atoms with Crippen molar-refractivity contribution in [3.8, 4) is 5.69 Å². The molecule has 3 aromatic carbocycles. The Morgan fingerprint density at radius 2 is 1.75 bits per heavy atom. The number of aromatic nitrogens is 1. The van der Waals surface area contributed by atoms with Crippen molar-refractivity contribution in [3.63, 3.8) is 0 Å². The minimum absolute atomic E-state index is 0.00153. The molecule has 2 heterocycles. The Morgan fingerprint density at radius 1 is 1.05 bits per heavy atom. The second kappa shape index (κ2) is 9.94. The first-order valence-electron chi connectivity index (χ1n) is 12.8. The number of likely N-dealkylation sites (N-methyl/N-ethyl adjacent to an activating group) is 1. The molecule has 0 saturated heterocycles. The van der Waals surface area contributed by atoms with Crippen LogP contribution in [-0.2, 0) is 22.9 Å². The highest BCUT2D eigenvalue weighted by molar-refractivity contribution is 9.10. The Morgan fingerprint density at radius 3 is 2.42 bits per heavy atom. The van der Waals surface area contributed by atoms with Crippen molar-refractivity contribution in [1.82, 2.24) is 19.5 Å². The maximum atomic E-state index is 13.2. The van der Waals surface area contributed by atoms with Crippen LogP contribution in [0.4, 0.5) is 4.79 Å². The van der Waals surface area contributed by atoms with E-state index < -0.39 is 21.6 Å². The Labute approximate surface area is 245 Å². The van der Waals surface area contributed by atoms with E-state index in [9.17, 15) is 18.0 Å². The predicted molar refractivity (Wildman–Crippen MR) is 158 cm³/mol. The highest BCUT2D eigenvalue weighted by atomic mass is 79.9. The Hall–Kier alpha value is -3.34. The average Bonchev–Trinajstić information content (AvgIpc) is 3.57. The summed E-state index contributed by atoms with van der Waals surface area (Å²) < 4.78 is 30.2. The predicted octanol–water partition coefficient (Wildman–Crippen LogP) is 5.44. The molecule has 40 heavy (non-hydrogen) atoms. The molecule has 3 amide bonds. The molecule has 6 rings (SSSR count). The summed E-state index contributed by atoms with van der Waals surface area (Å²) in [5, 5.41) is 4.33. The van der Waals surface area contributed by atoms with Gasteiger partial charge in [-0.2, -0.15) is 0 Å². The van der Waals surface area contributed by atoms with Gasteiger partial charge in [0, 0.05) is 39.7 Å². The van der Waals surface area contributed by atoms with Crippen molar-refractivity contribution < 1.29 is 18.0 Å². The summed E-state index contributed by atoms with van der Waals surface area (Å²) in [5.41, 5.74) is 4.09.